The molecule has 0 spiro atoms. The van der Waals surface area contributed by atoms with Crippen molar-refractivity contribution in [3.8, 4) is 0 Å². The smallest absolute Gasteiger partial charge is 0.410 e. The van der Waals surface area contributed by atoms with Crippen LogP contribution in [-0.2, 0) is 16.1 Å². The number of carbonyl (C=O) groups excluding carboxylic acids is 1. The predicted molar refractivity (Wildman–Crippen MR) is 83.4 cm³/mol. The minimum atomic E-state index is -0.586. The van der Waals surface area contributed by atoms with Crippen LogP contribution in [0.5, 0.6) is 0 Å². The maximum absolute atomic E-state index is 13.2. The summed E-state index contributed by atoms with van der Waals surface area (Å²) in [6, 6.07) is 5.90. The van der Waals surface area contributed by atoms with Crippen molar-refractivity contribution in [3.63, 3.8) is 0 Å². The van der Waals surface area contributed by atoms with Gasteiger partial charge in [0.2, 0.25) is 0 Å². The van der Waals surface area contributed by atoms with Crippen LogP contribution in [0.25, 0.3) is 0 Å². The van der Waals surface area contributed by atoms with E-state index in [1.54, 1.807) is 32.9 Å². The number of likely N-dealkylation sites (tertiary alicyclic amines) is 1. The van der Waals surface area contributed by atoms with Crippen molar-refractivity contribution in [1.82, 2.24) is 4.90 Å². The second-order valence-electron chi connectivity index (χ2n) is 6.77. The number of hydrogen-bond acceptors (Lipinski definition) is 4. The second-order valence-corrected chi connectivity index (χ2v) is 6.77. The first-order valence-electron chi connectivity index (χ1n) is 7.75. The first-order chi connectivity index (χ1) is 10.8. The van der Waals surface area contributed by atoms with Crippen LogP contribution in [0.4, 0.5) is 9.18 Å². The topological polar surface area (TPSA) is 59.0 Å². The van der Waals surface area contributed by atoms with Crippen LogP contribution in [0, 0.1) is 5.82 Å². The lowest BCUT2D eigenvalue weighted by atomic mass is 10.2. The lowest BCUT2D eigenvalue weighted by Crippen LogP contribution is -2.41. The number of hydrogen-bond donors (Lipinski definition) is 1. The van der Waals surface area contributed by atoms with Gasteiger partial charge in [-0.25, -0.2) is 9.18 Å². The number of nitrogens with zero attached hydrogens (tertiary/aromatic N) is 1. The van der Waals surface area contributed by atoms with Crippen LogP contribution in [0.15, 0.2) is 24.3 Å². The van der Waals surface area contributed by atoms with Crippen molar-refractivity contribution < 1.29 is 23.8 Å². The van der Waals surface area contributed by atoms with Crippen LogP contribution < -0.4 is 0 Å². The first-order valence-corrected chi connectivity index (χ1v) is 7.75. The Bertz CT molecular complexity index is 544. The molecule has 1 aromatic rings. The molecule has 1 saturated heterocycles. The van der Waals surface area contributed by atoms with Crippen molar-refractivity contribution in [3.05, 3.63) is 35.6 Å². The molecular weight excluding hydrogens is 301 g/mol. The number of aliphatic hydroxyl groups is 1. The van der Waals surface area contributed by atoms with E-state index in [1.165, 1.54) is 17.0 Å². The van der Waals surface area contributed by atoms with Gasteiger partial charge in [0, 0.05) is 0 Å². The third kappa shape index (κ3) is 5.18. The van der Waals surface area contributed by atoms with Crippen molar-refractivity contribution in [2.75, 3.05) is 13.2 Å². The number of benzene rings is 1. The molecule has 0 aliphatic carbocycles. The molecule has 2 rings (SSSR count). The number of amides is 1. The van der Waals surface area contributed by atoms with Gasteiger partial charge in [0.25, 0.3) is 0 Å². The van der Waals surface area contributed by atoms with Crippen LogP contribution in [0.2, 0.25) is 0 Å². The fraction of sp³-hybridized carbons (Fsp3) is 0.588. The van der Waals surface area contributed by atoms with Gasteiger partial charge in [0.1, 0.15) is 11.4 Å². The van der Waals surface area contributed by atoms with Crippen molar-refractivity contribution in [2.24, 2.45) is 0 Å². The van der Waals surface area contributed by atoms with E-state index in [2.05, 4.69) is 0 Å². The van der Waals surface area contributed by atoms with Crippen LogP contribution in [0.3, 0.4) is 0 Å². The van der Waals surface area contributed by atoms with E-state index in [0.29, 0.717) is 13.0 Å². The monoisotopic (exact) mass is 325 g/mol. The number of carbonyl (C=O) groups is 1. The standard InChI is InChI=1S/C17H24FNO4/c1-17(2,3)23-16(21)19-9-15(8-14(19)10-20)22-11-12-5-4-6-13(18)7-12/h4-7,14-15,20H,8-11H2,1-3H3/t14-,15+/m0/s1. The normalized spacial score (nSPS) is 21.5. The highest BCUT2D eigenvalue weighted by molar-refractivity contribution is 5.69. The predicted octanol–water partition coefficient (Wildman–Crippen LogP) is 2.71. The highest BCUT2D eigenvalue weighted by Gasteiger charge is 2.37. The van der Waals surface area contributed by atoms with Crippen LogP contribution in [-0.4, -0.2) is 47.0 Å². The summed E-state index contributed by atoms with van der Waals surface area (Å²) in [5, 5.41) is 9.47. The molecule has 6 heteroatoms. The molecule has 23 heavy (non-hydrogen) atoms. The zero-order chi connectivity index (χ0) is 17.0. The summed E-state index contributed by atoms with van der Waals surface area (Å²) in [5.41, 5.74) is 0.152. The summed E-state index contributed by atoms with van der Waals surface area (Å²) in [6.45, 7) is 5.88. The minimum Gasteiger partial charge on any atom is -0.444 e. The SMILES string of the molecule is CC(C)(C)OC(=O)N1C[C@H](OCc2cccc(F)c2)C[C@H]1CO. The fourth-order valence-electron chi connectivity index (χ4n) is 2.55. The molecule has 128 valence electrons. The zero-order valence-electron chi connectivity index (χ0n) is 13.8. The molecule has 0 unspecified atom stereocenters. The Hall–Kier alpha value is -1.66. The summed E-state index contributed by atoms with van der Waals surface area (Å²) in [7, 11) is 0. The molecule has 1 N–H and O–H groups in total. The maximum Gasteiger partial charge on any atom is 0.410 e. The average molecular weight is 325 g/mol. The molecule has 5 nitrogen and oxygen atoms in total. The largest absolute Gasteiger partial charge is 0.444 e. The molecule has 0 radical (unpaired) electrons. The van der Waals surface area contributed by atoms with Gasteiger partial charge >= 0.3 is 6.09 Å². The van der Waals surface area contributed by atoms with E-state index in [9.17, 15) is 14.3 Å². The summed E-state index contributed by atoms with van der Waals surface area (Å²) in [6.07, 6.45) is -0.123. The minimum absolute atomic E-state index is 0.140. The van der Waals surface area contributed by atoms with E-state index in [0.717, 1.165) is 5.56 Å². The molecule has 0 aromatic heterocycles. The Balaban J connectivity index is 1.92. The fourth-order valence-corrected chi connectivity index (χ4v) is 2.55. The summed E-state index contributed by atoms with van der Waals surface area (Å²) < 4.78 is 24.3. The van der Waals surface area contributed by atoms with Gasteiger partial charge in [-0.15, -0.1) is 0 Å². The van der Waals surface area contributed by atoms with Crippen LogP contribution in [0.1, 0.15) is 32.8 Å². The lowest BCUT2D eigenvalue weighted by Gasteiger charge is -2.27. The number of aliphatic hydroxyl groups excluding tert-OH is 1. The Morgan fingerprint density at radius 3 is 2.78 bits per heavy atom. The summed E-state index contributed by atoms with van der Waals surface area (Å²) >= 11 is 0. The van der Waals surface area contributed by atoms with E-state index >= 15 is 0 Å². The molecule has 0 bridgehead atoms. The van der Waals surface area contributed by atoms with Gasteiger partial charge in [-0.2, -0.15) is 0 Å². The Morgan fingerprint density at radius 1 is 1.43 bits per heavy atom. The first kappa shape index (κ1) is 17.7. The maximum atomic E-state index is 13.2. The zero-order valence-corrected chi connectivity index (χ0v) is 13.8. The quantitative estimate of drug-likeness (QED) is 0.925. The summed E-state index contributed by atoms with van der Waals surface area (Å²) in [5.74, 6) is -0.305. The van der Waals surface area contributed by atoms with Gasteiger partial charge in [-0.3, -0.25) is 0 Å². The Labute approximate surface area is 136 Å². The van der Waals surface area contributed by atoms with E-state index in [1.807, 2.05) is 0 Å². The average Bonchev–Trinajstić information content (AvgIpc) is 2.87. The molecule has 1 aliphatic rings. The number of halogens is 1. The highest BCUT2D eigenvalue weighted by atomic mass is 19.1. The van der Waals surface area contributed by atoms with E-state index in [-0.39, 0.29) is 31.2 Å². The summed E-state index contributed by atoms with van der Waals surface area (Å²) in [4.78, 5) is 13.7. The van der Waals surface area contributed by atoms with Crippen molar-refractivity contribution >= 4 is 6.09 Å². The van der Waals surface area contributed by atoms with Crippen molar-refractivity contribution in [1.29, 1.82) is 0 Å². The molecule has 1 heterocycles. The molecule has 1 fully saturated rings. The third-order valence-corrected chi connectivity index (χ3v) is 3.59. The van der Waals surface area contributed by atoms with E-state index in [4.69, 9.17) is 9.47 Å². The Kier molecular flexibility index (Phi) is 5.59. The van der Waals surface area contributed by atoms with Gasteiger partial charge in [-0.1, -0.05) is 12.1 Å². The number of rotatable bonds is 4. The molecule has 1 aromatic carbocycles. The molecule has 0 saturated carbocycles. The third-order valence-electron chi connectivity index (χ3n) is 3.59. The van der Waals surface area contributed by atoms with Gasteiger partial charge < -0.3 is 19.5 Å². The van der Waals surface area contributed by atoms with Gasteiger partial charge in [0.15, 0.2) is 0 Å². The molecule has 1 aliphatic heterocycles. The Morgan fingerprint density at radius 2 is 2.17 bits per heavy atom. The molecular formula is C17H24FNO4. The number of ether oxygens (including phenoxy) is 2. The molecule has 2 atom stereocenters. The highest BCUT2D eigenvalue weighted by Crippen LogP contribution is 2.23. The van der Waals surface area contributed by atoms with Crippen molar-refractivity contribution in [2.45, 2.75) is 51.5 Å². The van der Waals surface area contributed by atoms with Crippen LogP contribution >= 0.6 is 0 Å². The second kappa shape index (κ2) is 7.27. The molecule has 1 amide bonds. The van der Waals surface area contributed by atoms with E-state index < -0.39 is 11.7 Å². The van der Waals surface area contributed by atoms with Gasteiger partial charge in [-0.05, 0) is 44.9 Å². The van der Waals surface area contributed by atoms with Gasteiger partial charge in [0.05, 0.1) is 31.9 Å². The lowest BCUT2D eigenvalue weighted by molar-refractivity contribution is 0.0120.